The highest BCUT2D eigenvalue weighted by Crippen LogP contribution is 2.18. The van der Waals surface area contributed by atoms with E-state index in [-0.39, 0.29) is 6.04 Å². The molecule has 21 heavy (non-hydrogen) atoms. The lowest BCUT2D eigenvalue weighted by Crippen LogP contribution is -2.31. The molecule has 2 aromatic rings. The third-order valence-electron chi connectivity index (χ3n) is 3.86. The molecule has 0 aliphatic rings. The van der Waals surface area contributed by atoms with Crippen LogP contribution in [0.5, 0.6) is 0 Å². The number of nitrogens with zero attached hydrogens (tertiary/aromatic N) is 1. The minimum Gasteiger partial charge on any atom is -0.324 e. The minimum absolute atomic E-state index is 0.155. The molecule has 0 aliphatic carbocycles. The molecule has 0 saturated carbocycles. The zero-order chi connectivity index (χ0) is 15.1. The van der Waals surface area contributed by atoms with Gasteiger partial charge in [-0.3, -0.25) is 4.90 Å². The van der Waals surface area contributed by atoms with Crippen molar-refractivity contribution >= 4 is 11.3 Å². The van der Waals surface area contributed by atoms with Gasteiger partial charge in [0.15, 0.2) is 0 Å². The predicted octanol–water partition coefficient (Wildman–Crippen LogP) is 4.44. The fourth-order valence-electron chi connectivity index (χ4n) is 2.50. The van der Waals surface area contributed by atoms with Gasteiger partial charge in [-0.1, -0.05) is 36.4 Å². The monoisotopic (exact) mass is 302 g/mol. The van der Waals surface area contributed by atoms with E-state index in [2.05, 4.69) is 60.5 Å². The molecule has 2 N–H and O–H groups in total. The Hall–Kier alpha value is -1.16. The second-order valence-electron chi connectivity index (χ2n) is 5.80. The van der Waals surface area contributed by atoms with Gasteiger partial charge in [-0.2, -0.15) is 0 Å². The average Bonchev–Trinajstić information content (AvgIpc) is 3.00. The van der Waals surface area contributed by atoms with Crippen LogP contribution in [0.1, 0.15) is 43.2 Å². The molecular formula is C18H26N2S. The molecule has 0 fully saturated rings. The second kappa shape index (κ2) is 8.32. The van der Waals surface area contributed by atoms with Crippen LogP contribution in [0.15, 0.2) is 47.8 Å². The van der Waals surface area contributed by atoms with Crippen molar-refractivity contribution in [3.05, 3.63) is 58.3 Å². The van der Waals surface area contributed by atoms with Crippen molar-refractivity contribution in [2.24, 2.45) is 5.73 Å². The Morgan fingerprint density at radius 2 is 1.86 bits per heavy atom. The Morgan fingerprint density at radius 1 is 1.10 bits per heavy atom. The van der Waals surface area contributed by atoms with Gasteiger partial charge in [-0.25, -0.2) is 0 Å². The lowest BCUT2D eigenvalue weighted by Gasteiger charge is -2.26. The Bertz CT molecular complexity index is 493. The molecule has 0 radical (unpaired) electrons. The summed E-state index contributed by atoms with van der Waals surface area (Å²) in [5, 5.41) is 2.15. The molecule has 0 aliphatic heterocycles. The predicted molar refractivity (Wildman–Crippen MR) is 92.5 cm³/mol. The van der Waals surface area contributed by atoms with E-state index in [1.165, 1.54) is 10.4 Å². The van der Waals surface area contributed by atoms with Crippen molar-refractivity contribution in [2.75, 3.05) is 6.54 Å². The van der Waals surface area contributed by atoms with Crippen LogP contribution < -0.4 is 5.73 Å². The summed E-state index contributed by atoms with van der Waals surface area (Å²) in [5.74, 6) is 0. The summed E-state index contributed by atoms with van der Waals surface area (Å²) in [6.45, 7) is 6.70. The van der Waals surface area contributed by atoms with Crippen molar-refractivity contribution in [2.45, 2.75) is 45.3 Å². The van der Waals surface area contributed by atoms with Crippen LogP contribution in [0.4, 0.5) is 0 Å². The summed E-state index contributed by atoms with van der Waals surface area (Å²) < 4.78 is 0. The summed E-state index contributed by atoms with van der Waals surface area (Å²) >= 11 is 1.84. The van der Waals surface area contributed by atoms with Crippen molar-refractivity contribution in [3.63, 3.8) is 0 Å². The van der Waals surface area contributed by atoms with Crippen molar-refractivity contribution in [3.8, 4) is 0 Å². The number of hydrogen-bond acceptors (Lipinski definition) is 3. The Labute approximate surface area is 132 Å². The largest absolute Gasteiger partial charge is 0.324 e. The third kappa shape index (κ3) is 5.27. The maximum absolute atomic E-state index is 6.28. The van der Waals surface area contributed by atoms with E-state index in [1.54, 1.807) is 0 Å². The molecule has 3 heteroatoms. The number of nitrogens with two attached hydrogens (primary N) is 1. The molecule has 1 aromatic heterocycles. The van der Waals surface area contributed by atoms with Crippen LogP contribution in [0.3, 0.4) is 0 Å². The molecular weight excluding hydrogens is 276 g/mol. The molecule has 1 atom stereocenters. The Kier molecular flexibility index (Phi) is 6.43. The summed E-state index contributed by atoms with van der Waals surface area (Å²) in [6, 6.07) is 15.5. The number of thiophene rings is 1. The SMILES string of the molecule is CC(C)N(CCCC(N)c1ccccc1)Cc1cccs1. The quantitative estimate of drug-likeness (QED) is 0.781. The van der Waals surface area contributed by atoms with Crippen molar-refractivity contribution in [1.29, 1.82) is 0 Å². The first-order valence-electron chi connectivity index (χ1n) is 7.74. The molecule has 0 amide bonds. The second-order valence-corrected chi connectivity index (χ2v) is 6.84. The normalized spacial score (nSPS) is 13.0. The smallest absolute Gasteiger partial charge is 0.0330 e. The van der Waals surface area contributed by atoms with Crippen LogP contribution in [0, 0.1) is 0 Å². The molecule has 0 saturated heterocycles. The fourth-order valence-corrected chi connectivity index (χ4v) is 3.23. The van der Waals surface area contributed by atoms with Crippen LogP contribution in [-0.2, 0) is 6.54 Å². The molecule has 1 heterocycles. The molecule has 2 nitrogen and oxygen atoms in total. The van der Waals surface area contributed by atoms with Gasteiger partial charge >= 0.3 is 0 Å². The molecule has 2 rings (SSSR count). The molecule has 0 bridgehead atoms. The molecule has 1 unspecified atom stereocenters. The van der Waals surface area contributed by atoms with Crippen molar-refractivity contribution in [1.82, 2.24) is 4.90 Å². The van der Waals surface area contributed by atoms with Gasteiger partial charge in [-0.15, -0.1) is 11.3 Å². The first kappa shape index (κ1) is 16.2. The summed E-state index contributed by atoms with van der Waals surface area (Å²) in [5.41, 5.74) is 7.52. The summed E-state index contributed by atoms with van der Waals surface area (Å²) in [6.07, 6.45) is 2.18. The van der Waals surface area contributed by atoms with Crippen LogP contribution >= 0.6 is 11.3 Å². The maximum atomic E-state index is 6.28. The minimum atomic E-state index is 0.155. The van der Waals surface area contributed by atoms with E-state index in [0.29, 0.717) is 6.04 Å². The van der Waals surface area contributed by atoms with Gasteiger partial charge in [0.25, 0.3) is 0 Å². The first-order chi connectivity index (χ1) is 10.2. The van der Waals surface area contributed by atoms with Crippen LogP contribution in [0.2, 0.25) is 0 Å². The van der Waals surface area contributed by atoms with E-state index in [0.717, 1.165) is 25.9 Å². The number of rotatable bonds is 8. The fraction of sp³-hybridized carbons (Fsp3) is 0.444. The topological polar surface area (TPSA) is 29.3 Å². The number of hydrogen-bond donors (Lipinski definition) is 1. The molecule has 0 spiro atoms. The maximum Gasteiger partial charge on any atom is 0.0330 e. The van der Waals surface area contributed by atoms with Gasteiger partial charge in [0.05, 0.1) is 0 Å². The molecule has 1 aromatic carbocycles. The van der Waals surface area contributed by atoms with Crippen LogP contribution in [-0.4, -0.2) is 17.5 Å². The Morgan fingerprint density at radius 3 is 2.48 bits per heavy atom. The Balaban J connectivity index is 1.79. The standard InChI is InChI=1S/C18H26N2S/c1-15(2)20(14-17-10-7-13-21-17)12-6-11-18(19)16-8-4-3-5-9-16/h3-5,7-10,13,15,18H,6,11-12,14,19H2,1-2H3. The number of benzene rings is 1. The van der Waals surface area contributed by atoms with Gasteiger partial charge in [0.2, 0.25) is 0 Å². The van der Waals surface area contributed by atoms with Crippen molar-refractivity contribution < 1.29 is 0 Å². The van der Waals surface area contributed by atoms with Gasteiger partial charge in [-0.05, 0) is 50.2 Å². The van der Waals surface area contributed by atoms with E-state index in [1.807, 2.05) is 17.4 Å². The molecule has 114 valence electrons. The average molecular weight is 302 g/mol. The lowest BCUT2D eigenvalue weighted by atomic mass is 10.0. The van der Waals surface area contributed by atoms with Gasteiger partial charge in [0.1, 0.15) is 0 Å². The van der Waals surface area contributed by atoms with E-state index in [9.17, 15) is 0 Å². The summed E-state index contributed by atoms with van der Waals surface area (Å²) in [7, 11) is 0. The summed E-state index contributed by atoms with van der Waals surface area (Å²) in [4.78, 5) is 3.97. The first-order valence-corrected chi connectivity index (χ1v) is 8.61. The van der Waals surface area contributed by atoms with Gasteiger partial charge < -0.3 is 5.73 Å². The van der Waals surface area contributed by atoms with Gasteiger partial charge in [0, 0.05) is 23.5 Å². The highest BCUT2D eigenvalue weighted by molar-refractivity contribution is 7.09. The zero-order valence-electron chi connectivity index (χ0n) is 13.0. The third-order valence-corrected chi connectivity index (χ3v) is 4.72. The lowest BCUT2D eigenvalue weighted by molar-refractivity contribution is 0.208. The van der Waals surface area contributed by atoms with E-state index >= 15 is 0 Å². The zero-order valence-corrected chi connectivity index (χ0v) is 13.9. The highest BCUT2D eigenvalue weighted by Gasteiger charge is 2.12. The van der Waals surface area contributed by atoms with E-state index in [4.69, 9.17) is 5.73 Å². The van der Waals surface area contributed by atoms with E-state index < -0.39 is 0 Å². The van der Waals surface area contributed by atoms with Crippen LogP contribution in [0.25, 0.3) is 0 Å². The highest BCUT2D eigenvalue weighted by atomic mass is 32.1.